The van der Waals surface area contributed by atoms with Crippen LogP contribution >= 0.6 is 11.6 Å². The van der Waals surface area contributed by atoms with Gasteiger partial charge in [0.05, 0.1) is 24.9 Å². The van der Waals surface area contributed by atoms with Crippen LogP contribution in [-0.2, 0) is 17.7 Å². The molecule has 1 aromatic carbocycles. The Morgan fingerprint density at radius 3 is 2.83 bits per heavy atom. The van der Waals surface area contributed by atoms with Crippen molar-refractivity contribution in [2.75, 3.05) is 24.7 Å². The summed E-state index contributed by atoms with van der Waals surface area (Å²) >= 11 is 5.89. The van der Waals surface area contributed by atoms with Gasteiger partial charge in [-0.05, 0) is 49.6 Å². The van der Waals surface area contributed by atoms with E-state index < -0.39 is 6.09 Å². The number of hydrogen-bond donors (Lipinski definition) is 1. The van der Waals surface area contributed by atoms with Gasteiger partial charge in [0.25, 0.3) is 0 Å². The van der Waals surface area contributed by atoms with Gasteiger partial charge in [0.15, 0.2) is 5.75 Å². The summed E-state index contributed by atoms with van der Waals surface area (Å²) in [5, 5.41) is 3.45. The maximum atomic E-state index is 12.4. The second-order valence-electron chi connectivity index (χ2n) is 7.31. The molecule has 2 heterocycles. The second-order valence-corrected chi connectivity index (χ2v) is 7.75. The van der Waals surface area contributed by atoms with E-state index in [4.69, 9.17) is 26.1 Å². The highest BCUT2D eigenvalue weighted by molar-refractivity contribution is 6.30. The van der Waals surface area contributed by atoms with Gasteiger partial charge >= 0.3 is 6.09 Å². The number of amides is 1. The Morgan fingerprint density at radius 1 is 1.38 bits per heavy atom. The number of rotatable bonds is 6. The first kappa shape index (κ1) is 21.4. The van der Waals surface area contributed by atoms with Crippen LogP contribution in [-0.4, -0.2) is 36.9 Å². The minimum atomic E-state index is -0.491. The van der Waals surface area contributed by atoms with E-state index in [1.165, 1.54) is 0 Å². The molecule has 2 aromatic rings. The Kier molecular flexibility index (Phi) is 7.34. The molecule has 1 fully saturated rings. The molecule has 0 bridgehead atoms. The Bertz CT molecular complexity index is 842. The molecule has 1 N–H and O–H groups in total. The maximum absolute atomic E-state index is 12.4. The lowest BCUT2D eigenvalue weighted by Gasteiger charge is -2.34. The Hall–Kier alpha value is -2.31. The number of carbonyl (C=O) groups is 1. The molecule has 1 amide bonds. The summed E-state index contributed by atoms with van der Waals surface area (Å²) in [5.74, 6) is 1.46. The monoisotopic (exact) mass is 417 g/mol. The van der Waals surface area contributed by atoms with Gasteiger partial charge in [-0.25, -0.2) is 9.78 Å². The second kappa shape index (κ2) is 9.94. The van der Waals surface area contributed by atoms with Crippen LogP contribution in [0.3, 0.4) is 0 Å². The van der Waals surface area contributed by atoms with Crippen molar-refractivity contribution >= 4 is 23.5 Å². The summed E-state index contributed by atoms with van der Waals surface area (Å²) in [6, 6.07) is 9.58. The van der Waals surface area contributed by atoms with Crippen LogP contribution in [0, 0.1) is 6.92 Å². The molecule has 1 atom stereocenters. The summed E-state index contributed by atoms with van der Waals surface area (Å²) in [6.07, 6.45) is 1.17. The lowest BCUT2D eigenvalue weighted by molar-refractivity contribution is 0.0985. The van der Waals surface area contributed by atoms with Crippen molar-refractivity contribution in [1.29, 1.82) is 0 Å². The molecule has 0 radical (unpaired) electrons. The quantitative estimate of drug-likeness (QED) is 0.749. The standard InChI is InChI=1S/C22H28ClN3O3/c1-4-5-19-21(29-22(27)24-13-17-6-8-18(23)9-7-17)15(2)12-20(25-19)26-10-11-28-14-16(26)3/h6-9,12,16H,4-5,10-11,13-14H2,1-3H3,(H,24,27)/t16-/m1/s1. The molecular formula is C22H28ClN3O3. The molecule has 0 saturated carbocycles. The molecule has 0 spiro atoms. The fourth-order valence-corrected chi connectivity index (χ4v) is 3.50. The molecule has 0 unspecified atom stereocenters. The molecule has 156 valence electrons. The van der Waals surface area contributed by atoms with Gasteiger partial charge in [-0.15, -0.1) is 0 Å². The number of aryl methyl sites for hydroxylation is 2. The number of pyridine rings is 1. The summed E-state index contributed by atoms with van der Waals surface area (Å²) in [7, 11) is 0. The molecule has 1 aliphatic rings. The molecule has 6 nitrogen and oxygen atoms in total. The lowest BCUT2D eigenvalue weighted by Crippen LogP contribution is -2.44. The van der Waals surface area contributed by atoms with Gasteiger partial charge in [0.1, 0.15) is 5.82 Å². The van der Waals surface area contributed by atoms with Gasteiger partial charge in [-0.2, -0.15) is 0 Å². The van der Waals surface area contributed by atoms with Crippen molar-refractivity contribution in [1.82, 2.24) is 10.3 Å². The van der Waals surface area contributed by atoms with Crippen molar-refractivity contribution in [3.63, 3.8) is 0 Å². The van der Waals surface area contributed by atoms with Crippen molar-refractivity contribution < 1.29 is 14.3 Å². The third kappa shape index (κ3) is 5.61. The minimum absolute atomic E-state index is 0.263. The number of carbonyl (C=O) groups excluding carboxylic acids is 1. The van der Waals surface area contributed by atoms with E-state index in [0.29, 0.717) is 30.5 Å². The maximum Gasteiger partial charge on any atom is 0.412 e. The first-order valence-corrected chi connectivity index (χ1v) is 10.4. The Labute approximate surface area is 177 Å². The normalized spacial score (nSPS) is 16.6. The molecule has 0 aliphatic carbocycles. The zero-order valence-electron chi connectivity index (χ0n) is 17.2. The molecule has 1 saturated heterocycles. The first-order valence-electron chi connectivity index (χ1n) is 10.0. The predicted molar refractivity (Wildman–Crippen MR) is 115 cm³/mol. The van der Waals surface area contributed by atoms with E-state index in [2.05, 4.69) is 24.1 Å². The van der Waals surface area contributed by atoms with Gasteiger partial charge in [-0.1, -0.05) is 37.1 Å². The van der Waals surface area contributed by atoms with Gasteiger partial charge < -0.3 is 19.7 Å². The van der Waals surface area contributed by atoms with E-state index in [0.717, 1.165) is 42.0 Å². The predicted octanol–water partition coefficient (Wildman–Crippen LogP) is 4.51. The Morgan fingerprint density at radius 2 is 2.14 bits per heavy atom. The van der Waals surface area contributed by atoms with Gasteiger partial charge in [-0.3, -0.25) is 0 Å². The fourth-order valence-electron chi connectivity index (χ4n) is 3.37. The number of anilines is 1. The van der Waals surface area contributed by atoms with Gasteiger partial charge in [0, 0.05) is 18.1 Å². The number of benzene rings is 1. The number of aromatic nitrogens is 1. The largest absolute Gasteiger partial charge is 0.412 e. The topological polar surface area (TPSA) is 63.7 Å². The van der Waals surface area contributed by atoms with Crippen LogP contribution in [0.5, 0.6) is 5.75 Å². The third-order valence-electron chi connectivity index (χ3n) is 4.91. The number of nitrogens with zero attached hydrogens (tertiary/aromatic N) is 2. The molecule has 3 rings (SSSR count). The lowest BCUT2D eigenvalue weighted by atomic mass is 10.1. The summed E-state index contributed by atoms with van der Waals surface area (Å²) in [5.41, 5.74) is 2.66. The highest BCUT2D eigenvalue weighted by Crippen LogP contribution is 2.29. The van der Waals surface area contributed by atoms with E-state index in [1.807, 2.05) is 25.1 Å². The summed E-state index contributed by atoms with van der Waals surface area (Å²) < 4.78 is 11.2. The van der Waals surface area contributed by atoms with E-state index >= 15 is 0 Å². The fraction of sp³-hybridized carbons (Fsp3) is 0.455. The molecule has 1 aliphatic heterocycles. The van der Waals surface area contributed by atoms with Crippen LogP contribution in [0.4, 0.5) is 10.6 Å². The minimum Gasteiger partial charge on any atom is -0.408 e. The zero-order valence-corrected chi connectivity index (χ0v) is 18.0. The van der Waals surface area contributed by atoms with E-state index in [-0.39, 0.29) is 6.04 Å². The van der Waals surface area contributed by atoms with Crippen molar-refractivity contribution in [3.05, 3.63) is 52.2 Å². The smallest absolute Gasteiger partial charge is 0.408 e. The van der Waals surface area contributed by atoms with Gasteiger partial charge in [0.2, 0.25) is 0 Å². The van der Waals surface area contributed by atoms with Crippen LogP contribution in [0.25, 0.3) is 0 Å². The number of hydrogen-bond acceptors (Lipinski definition) is 5. The van der Waals surface area contributed by atoms with Crippen LogP contribution in [0.2, 0.25) is 5.02 Å². The zero-order chi connectivity index (χ0) is 20.8. The average Bonchev–Trinajstić information content (AvgIpc) is 2.70. The Balaban J connectivity index is 1.73. The SMILES string of the molecule is CCCc1nc(N2CCOC[C@H]2C)cc(C)c1OC(=O)NCc1ccc(Cl)cc1. The van der Waals surface area contributed by atoms with E-state index in [1.54, 1.807) is 12.1 Å². The van der Waals surface area contributed by atoms with Crippen LogP contribution in [0.15, 0.2) is 30.3 Å². The first-order chi connectivity index (χ1) is 14.0. The molecule has 29 heavy (non-hydrogen) atoms. The highest BCUT2D eigenvalue weighted by Gasteiger charge is 2.23. The molecular weight excluding hydrogens is 390 g/mol. The molecule has 1 aromatic heterocycles. The number of halogens is 1. The summed E-state index contributed by atoms with van der Waals surface area (Å²) in [4.78, 5) is 19.5. The third-order valence-corrected chi connectivity index (χ3v) is 5.16. The van der Waals surface area contributed by atoms with Crippen LogP contribution < -0.4 is 15.0 Å². The summed E-state index contributed by atoms with van der Waals surface area (Å²) in [6.45, 7) is 8.73. The number of ether oxygens (including phenoxy) is 2. The van der Waals surface area contributed by atoms with E-state index in [9.17, 15) is 4.79 Å². The number of morpholine rings is 1. The average molecular weight is 418 g/mol. The van der Waals surface area contributed by atoms with Crippen molar-refractivity contribution in [2.45, 2.75) is 46.2 Å². The van der Waals surface area contributed by atoms with Crippen LogP contribution in [0.1, 0.15) is 37.1 Å². The van der Waals surface area contributed by atoms with Crippen molar-refractivity contribution in [3.8, 4) is 5.75 Å². The molecule has 7 heteroatoms. The van der Waals surface area contributed by atoms with Crippen molar-refractivity contribution in [2.24, 2.45) is 0 Å². The highest BCUT2D eigenvalue weighted by atomic mass is 35.5. The number of nitrogens with one attached hydrogen (secondary N) is 1.